The third kappa shape index (κ3) is 3.40. The van der Waals surface area contributed by atoms with E-state index in [-0.39, 0.29) is 5.91 Å². The molecule has 4 heterocycles. The molecule has 5 rings (SSSR count). The minimum atomic E-state index is -0.0887. The van der Waals surface area contributed by atoms with Gasteiger partial charge >= 0.3 is 0 Å². The predicted molar refractivity (Wildman–Crippen MR) is 112 cm³/mol. The molecule has 1 saturated heterocycles. The monoisotopic (exact) mass is 404 g/mol. The number of nitrogens with zero attached hydrogens (tertiary/aromatic N) is 4. The number of carbonyl (C=O) groups excluding carboxylic acids is 1. The van der Waals surface area contributed by atoms with Crippen LogP contribution < -0.4 is 0 Å². The van der Waals surface area contributed by atoms with Crippen LogP contribution in [-0.2, 0) is 6.54 Å². The highest BCUT2D eigenvalue weighted by molar-refractivity contribution is 5.93. The van der Waals surface area contributed by atoms with Crippen molar-refractivity contribution in [2.75, 3.05) is 13.1 Å². The normalized spacial score (nSPS) is 15.2. The van der Waals surface area contributed by atoms with Crippen molar-refractivity contribution >= 4 is 16.9 Å². The van der Waals surface area contributed by atoms with E-state index in [2.05, 4.69) is 40.7 Å². The molecule has 1 aliphatic rings. The second-order valence-electron chi connectivity index (χ2n) is 8.11. The lowest BCUT2D eigenvalue weighted by molar-refractivity contribution is 0.0673. The van der Waals surface area contributed by atoms with E-state index >= 15 is 0 Å². The highest BCUT2D eigenvalue weighted by atomic mass is 16.5. The van der Waals surface area contributed by atoms with Crippen LogP contribution in [0.3, 0.4) is 0 Å². The molecule has 0 spiro atoms. The molecule has 0 radical (unpaired) electrons. The number of hydrogen-bond acceptors (Lipinski definition) is 5. The van der Waals surface area contributed by atoms with Crippen molar-refractivity contribution in [1.29, 1.82) is 0 Å². The molecule has 0 bridgehead atoms. The van der Waals surface area contributed by atoms with Gasteiger partial charge in [0.1, 0.15) is 0 Å². The van der Waals surface area contributed by atoms with E-state index in [1.54, 1.807) is 24.5 Å². The number of hydrogen-bond donors (Lipinski definition) is 0. The lowest BCUT2D eigenvalue weighted by atomic mass is 9.96. The molecular weight excluding hydrogens is 380 g/mol. The minimum absolute atomic E-state index is 0.0887. The summed E-state index contributed by atoms with van der Waals surface area (Å²) in [7, 11) is 0. The number of piperidine rings is 1. The lowest BCUT2D eigenvalue weighted by Gasteiger charge is -2.31. The molecule has 4 aromatic rings. The number of aromatic nitrogens is 3. The fourth-order valence-electron chi connectivity index (χ4n) is 4.13. The molecule has 1 amide bonds. The predicted octanol–water partition coefficient (Wildman–Crippen LogP) is 4.45. The summed E-state index contributed by atoms with van der Waals surface area (Å²) >= 11 is 0. The maximum Gasteiger partial charge on any atom is 0.276 e. The van der Waals surface area contributed by atoms with Gasteiger partial charge < -0.3 is 18.4 Å². The quantitative estimate of drug-likeness (QED) is 0.502. The van der Waals surface area contributed by atoms with Gasteiger partial charge in [-0.25, -0.2) is 4.98 Å². The summed E-state index contributed by atoms with van der Waals surface area (Å²) in [5.74, 6) is 1.47. The second kappa shape index (κ2) is 7.48. The van der Waals surface area contributed by atoms with Crippen LogP contribution in [0.1, 0.15) is 34.5 Å². The summed E-state index contributed by atoms with van der Waals surface area (Å²) in [6.45, 7) is 6.62. The van der Waals surface area contributed by atoms with Crippen molar-refractivity contribution in [2.24, 2.45) is 5.92 Å². The first-order valence-electron chi connectivity index (χ1n) is 10.3. The van der Waals surface area contributed by atoms with Gasteiger partial charge in [0.15, 0.2) is 11.5 Å². The standard InChI is InChI=1S/C23H24N4O3/c1-15-10-18-20(11-16(15)2)27(14-24-18)13-17-5-7-26(8-6-17)23(28)19-12-22(30-25-19)21-4-3-9-29-21/h3-4,9-12,14,17H,5-8,13H2,1-2H3. The number of amides is 1. The average Bonchev–Trinajstić information content (AvgIpc) is 3.50. The fourth-order valence-corrected chi connectivity index (χ4v) is 4.13. The topological polar surface area (TPSA) is 77.3 Å². The summed E-state index contributed by atoms with van der Waals surface area (Å²) in [4.78, 5) is 19.2. The van der Waals surface area contributed by atoms with Crippen LogP contribution in [0.15, 0.2) is 51.9 Å². The number of imidazole rings is 1. The van der Waals surface area contributed by atoms with Crippen molar-refractivity contribution in [3.05, 3.63) is 59.7 Å². The maximum atomic E-state index is 12.8. The van der Waals surface area contributed by atoms with Gasteiger partial charge in [0.25, 0.3) is 5.91 Å². The van der Waals surface area contributed by atoms with E-state index < -0.39 is 0 Å². The van der Waals surface area contributed by atoms with Crippen LogP contribution in [0, 0.1) is 19.8 Å². The first-order valence-corrected chi connectivity index (χ1v) is 10.3. The van der Waals surface area contributed by atoms with Crippen LogP contribution in [0.2, 0.25) is 0 Å². The number of carbonyl (C=O) groups is 1. The second-order valence-corrected chi connectivity index (χ2v) is 8.11. The Morgan fingerprint density at radius 2 is 1.93 bits per heavy atom. The zero-order valence-electron chi connectivity index (χ0n) is 17.2. The van der Waals surface area contributed by atoms with E-state index in [0.717, 1.165) is 38.0 Å². The van der Waals surface area contributed by atoms with E-state index in [1.807, 2.05) is 11.2 Å². The Morgan fingerprint density at radius 3 is 2.70 bits per heavy atom. The van der Waals surface area contributed by atoms with Gasteiger partial charge in [-0.2, -0.15) is 0 Å². The minimum Gasteiger partial charge on any atom is -0.461 e. The third-order valence-corrected chi connectivity index (χ3v) is 6.09. The molecule has 0 unspecified atom stereocenters. The van der Waals surface area contributed by atoms with Gasteiger partial charge in [-0.1, -0.05) is 5.16 Å². The van der Waals surface area contributed by atoms with Gasteiger partial charge in [0.2, 0.25) is 5.76 Å². The Balaban J connectivity index is 1.22. The molecule has 0 atom stereocenters. The summed E-state index contributed by atoms with van der Waals surface area (Å²) in [6.07, 6.45) is 5.42. The number of rotatable bonds is 4. The summed E-state index contributed by atoms with van der Waals surface area (Å²) in [5, 5.41) is 3.94. The Labute approximate surface area is 174 Å². The summed E-state index contributed by atoms with van der Waals surface area (Å²) in [6, 6.07) is 9.57. The van der Waals surface area contributed by atoms with Crippen molar-refractivity contribution in [1.82, 2.24) is 19.6 Å². The Bertz CT molecular complexity index is 1180. The number of furan rings is 1. The van der Waals surface area contributed by atoms with E-state index in [0.29, 0.717) is 23.1 Å². The third-order valence-electron chi connectivity index (χ3n) is 6.09. The van der Waals surface area contributed by atoms with Crippen LogP contribution in [0.25, 0.3) is 22.6 Å². The maximum absolute atomic E-state index is 12.8. The van der Waals surface area contributed by atoms with E-state index in [1.165, 1.54) is 16.6 Å². The molecule has 0 aliphatic carbocycles. The zero-order chi connectivity index (χ0) is 20.7. The zero-order valence-corrected chi connectivity index (χ0v) is 17.2. The molecule has 30 heavy (non-hydrogen) atoms. The Kier molecular flexibility index (Phi) is 4.65. The molecule has 154 valence electrons. The smallest absolute Gasteiger partial charge is 0.276 e. The van der Waals surface area contributed by atoms with E-state index in [9.17, 15) is 4.79 Å². The molecule has 3 aromatic heterocycles. The number of benzene rings is 1. The molecule has 0 N–H and O–H groups in total. The highest BCUT2D eigenvalue weighted by Crippen LogP contribution is 2.25. The van der Waals surface area contributed by atoms with E-state index in [4.69, 9.17) is 8.94 Å². The van der Waals surface area contributed by atoms with Crippen molar-refractivity contribution < 1.29 is 13.7 Å². The van der Waals surface area contributed by atoms with Gasteiger partial charge in [-0.15, -0.1) is 0 Å². The first kappa shape index (κ1) is 18.7. The van der Waals surface area contributed by atoms with Gasteiger partial charge in [-0.05, 0) is 68.0 Å². The molecule has 1 aliphatic heterocycles. The molecule has 7 heteroatoms. The average molecular weight is 404 g/mol. The highest BCUT2D eigenvalue weighted by Gasteiger charge is 2.26. The van der Waals surface area contributed by atoms with Crippen molar-refractivity contribution in [3.8, 4) is 11.5 Å². The van der Waals surface area contributed by atoms with Crippen molar-refractivity contribution in [3.63, 3.8) is 0 Å². The summed E-state index contributed by atoms with van der Waals surface area (Å²) < 4.78 is 12.8. The summed E-state index contributed by atoms with van der Waals surface area (Å²) in [5.41, 5.74) is 5.11. The van der Waals surface area contributed by atoms with Crippen molar-refractivity contribution in [2.45, 2.75) is 33.2 Å². The molecule has 7 nitrogen and oxygen atoms in total. The number of aryl methyl sites for hydroxylation is 2. The van der Waals surface area contributed by atoms with Crippen LogP contribution in [0.5, 0.6) is 0 Å². The van der Waals surface area contributed by atoms with Crippen LogP contribution in [0.4, 0.5) is 0 Å². The number of fused-ring (bicyclic) bond motifs is 1. The SMILES string of the molecule is Cc1cc2ncn(CC3CCN(C(=O)c4cc(-c5ccco5)on4)CC3)c2cc1C. The molecule has 1 aromatic carbocycles. The van der Waals surface area contributed by atoms with Gasteiger partial charge in [0.05, 0.1) is 23.6 Å². The Morgan fingerprint density at radius 1 is 1.13 bits per heavy atom. The lowest BCUT2D eigenvalue weighted by Crippen LogP contribution is -2.39. The Hall–Kier alpha value is -3.35. The first-order chi connectivity index (χ1) is 14.6. The number of likely N-dealkylation sites (tertiary alicyclic amines) is 1. The molecular formula is C23H24N4O3. The van der Waals surface area contributed by atoms with Gasteiger partial charge in [0, 0.05) is 25.7 Å². The van der Waals surface area contributed by atoms with Gasteiger partial charge in [-0.3, -0.25) is 4.79 Å². The molecule has 1 fully saturated rings. The largest absolute Gasteiger partial charge is 0.461 e. The van der Waals surface area contributed by atoms with Crippen LogP contribution in [-0.4, -0.2) is 38.6 Å². The van der Waals surface area contributed by atoms with Crippen LogP contribution >= 0.6 is 0 Å². The molecule has 0 saturated carbocycles. The fraction of sp³-hybridized carbons (Fsp3) is 0.348.